The summed E-state index contributed by atoms with van der Waals surface area (Å²) in [7, 11) is -3.55. The van der Waals surface area contributed by atoms with Gasteiger partial charge in [0, 0.05) is 24.7 Å². The Balaban J connectivity index is 2.16. The molecule has 20 heavy (non-hydrogen) atoms. The van der Waals surface area contributed by atoms with Crippen LogP contribution in [0, 0.1) is 12.8 Å². The van der Waals surface area contributed by atoms with E-state index in [1.807, 2.05) is 11.5 Å². The van der Waals surface area contributed by atoms with Crippen molar-refractivity contribution in [1.82, 2.24) is 14.3 Å². The molecule has 0 aliphatic heterocycles. The molecule has 1 N–H and O–H groups in total. The van der Waals surface area contributed by atoms with E-state index in [2.05, 4.69) is 16.6 Å². The maximum Gasteiger partial charge on any atom is 0.259 e. The van der Waals surface area contributed by atoms with Crippen LogP contribution in [-0.4, -0.2) is 29.9 Å². The molecular formula is C13H22ClN3O2S. The molecule has 0 radical (unpaired) electrons. The first-order valence-electron chi connectivity index (χ1n) is 7.10. The molecule has 0 aromatic carbocycles. The molecule has 2 rings (SSSR count). The predicted molar refractivity (Wildman–Crippen MR) is 79.4 cm³/mol. The monoisotopic (exact) mass is 319 g/mol. The summed E-state index contributed by atoms with van der Waals surface area (Å²) in [5.74, 6) is 1.45. The topological polar surface area (TPSA) is 64.0 Å². The molecule has 1 aliphatic carbocycles. The molecule has 0 saturated heterocycles. The van der Waals surface area contributed by atoms with E-state index in [-0.39, 0.29) is 17.0 Å². The number of imidazole rings is 1. The third-order valence-electron chi connectivity index (χ3n) is 3.86. The first-order chi connectivity index (χ1) is 9.47. The van der Waals surface area contributed by atoms with Gasteiger partial charge in [0.1, 0.15) is 5.82 Å². The van der Waals surface area contributed by atoms with E-state index in [0.29, 0.717) is 5.88 Å². The van der Waals surface area contributed by atoms with Crippen LogP contribution in [0.5, 0.6) is 0 Å². The van der Waals surface area contributed by atoms with E-state index in [4.69, 9.17) is 11.6 Å². The summed E-state index contributed by atoms with van der Waals surface area (Å²) >= 11 is 5.89. The molecule has 1 fully saturated rings. The van der Waals surface area contributed by atoms with Crippen molar-refractivity contribution in [1.29, 1.82) is 0 Å². The van der Waals surface area contributed by atoms with Gasteiger partial charge in [-0.3, -0.25) is 0 Å². The Bertz CT molecular complexity index is 556. The highest BCUT2D eigenvalue weighted by molar-refractivity contribution is 7.89. The zero-order valence-electron chi connectivity index (χ0n) is 12.0. The van der Waals surface area contributed by atoms with Crippen LogP contribution in [0.4, 0.5) is 0 Å². The van der Waals surface area contributed by atoms with Gasteiger partial charge in [-0.1, -0.05) is 13.3 Å². The molecule has 114 valence electrons. The lowest BCUT2D eigenvalue weighted by Gasteiger charge is -2.17. The van der Waals surface area contributed by atoms with Gasteiger partial charge in [-0.05, 0) is 32.1 Å². The summed E-state index contributed by atoms with van der Waals surface area (Å²) in [5, 5.41) is 0.115. The van der Waals surface area contributed by atoms with Gasteiger partial charge in [0.15, 0.2) is 5.03 Å². The van der Waals surface area contributed by atoms with Gasteiger partial charge in [-0.25, -0.2) is 18.1 Å². The summed E-state index contributed by atoms with van der Waals surface area (Å²) in [6.45, 7) is 4.66. The Kier molecular flexibility index (Phi) is 5.09. The minimum atomic E-state index is -3.55. The molecule has 7 heteroatoms. The summed E-state index contributed by atoms with van der Waals surface area (Å²) in [6.07, 6.45) is 5.42. The maximum absolute atomic E-state index is 12.4. The van der Waals surface area contributed by atoms with Crippen LogP contribution in [0.3, 0.4) is 0 Å². The Morgan fingerprint density at radius 3 is 2.90 bits per heavy atom. The molecule has 2 unspecified atom stereocenters. The number of hydrogen-bond acceptors (Lipinski definition) is 3. The average molecular weight is 320 g/mol. The zero-order valence-corrected chi connectivity index (χ0v) is 13.5. The number of aryl methyl sites for hydroxylation is 2. The second-order valence-corrected chi connectivity index (χ2v) is 7.36. The van der Waals surface area contributed by atoms with Crippen molar-refractivity contribution in [2.24, 2.45) is 5.92 Å². The minimum absolute atomic E-state index is 0.0610. The Hall–Kier alpha value is -0.590. The number of sulfonamides is 1. The third kappa shape index (κ3) is 3.35. The largest absolute Gasteiger partial charge is 0.334 e. The van der Waals surface area contributed by atoms with Crippen LogP contribution in [0.1, 0.15) is 38.4 Å². The minimum Gasteiger partial charge on any atom is -0.334 e. The number of rotatable bonds is 6. The highest BCUT2D eigenvalue weighted by Crippen LogP contribution is 2.27. The van der Waals surface area contributed by atoms with E-state index >= 15 is 0 Å². The van der Waals surface area contributed by atoms with Gasteiger partial charge in [-0.15, -0.1) is 11.6 Å². The highest BCUT2D eigenvalue weighted by Gasteiger charge is 2.31. The van der Waals surface area contributed by atoms with Crippen molar-refractivity contribution in [2.75, 3.05) is 5.88 Å². The van der Waals surface area contributed by atoms with Crippen molar-refractivity contribution < 1.29 is 8.42 Å². The van der Waals surface area contributed by atoms with E-state index in [0.717, 1.165) is 38.1 Å². The molecule has 1 aromatic heterocycles. The third-order valence-corrected chi connectivity index (χ3v) is 5.61. The van der Waals surface area contributed by atoms with Gasteiger partial charge in [-0.2, -0.15) is 0 Å². The molecule has 1 saturated carbocycles. The van der Waals surface area contributed by atoms with E-state index in [1.54, 1.807) is 6.20 Å². The standard InChI is InChI=1S/C13H22ClN3O2S/c1-3-7-17-9-13(15-10(17)2)20(18,19)16-12-6-4-5-11(12)8-14/h9,11-12,16H,3-8H2,1-2H3. The molecule has 0 spiro atoms. The number of halogens is 1. The summed E-state index contributed by atoms with van der Waals surface area (Å²) in [5.41, 5.74) is 0. The first-order valence-corrected chi connectivity index (χ1v) is 9.11. The Labute approximate surface area is 125 Å². The van der Waals surface area contributed by atoms with Crippen molar-refractivity contribution in [3.63, 3.8) is 0 Å². The average Bonchev–Trinajstić information content (AvgIpc) is 2.97. The molecule has 5 nitrogen and oxygen atoms in total. The fourth-order valence-electron chi connectivity index (χ4n) is 2.71. The Morgan fingerprint density at radius 2 is 2.25 bits per heavy atom. The maximum atomic E-state index is 12.4. The number of hydrogen-bond donors (Lipinski definition) is 1. The Morgan fingerprint density at radius 1 is 1.50 bits per heavy atom. The second kappa shape index (κ2) is 6.45. The first kappa shape index (κ1) is 15.8. The van der Waals surface area contributed by atoms with Gasteiger partial charge in [0.2, 0.25) is 0 Å². The van der Waals surface area contributed by atoms with Crippen LogP contribution in [0.2, 0.25) is 0 Å². The van der Waals surface area contributed by atoms with Crippen molar-refractivity contribution in [2.45, 2.75) is 57.1 Å². The van der Waals surface area contributed by atoms with Crippen LogP contribution < -0.4 is 4.72 Å². The lowest BCUT2D eigenvalue weighted by atomic mass is 10.1. The molecule has 0 amide bonds. The molecule has 0 bridgehead atoms. The van der Waals surface area contributed by atoms with Crippen molar-refractivity contribution >= 4 is 21.6 Å². The number of nitrogens with one attached hydrogen (secondary N) is 1. The summed E-state index contributed by atoms with van der Waals surface area (Å²) < 4.78 is 29.4. The van der Waals surface area contributed by atoms with Crippen LogP contribution in [0.25, 0.3) is 0 Å². The van der Waals surface area contributed by atoms with Gasteiger partial charge in [0.25, 0.3) is 10.0 Å². The molecule has 1 heterocycles. The normalized spacial score (nSPS) is 23.4. The molecule has 2 atom stereocenters. The SMILES string of the molecule is CCCn1cc(S(=O)(=O)NC2CCCC2CCl)nc1C. The lowest BCUT2D eigenvalue weighted by molar-refractivity contribution is 0.479. The number of alkyl halides is 1. The predicted octanol–water partition coefficient (Wildman–Crippen LogP) is 2.29. The van der Waals surface area contributed by atoms with Gasteiger partial charge in [0.05, 0.1) is 0 Å². The smallest absolute Gasteiger partial charge is 0.259 e. The molecule has 1 aromatic rings. The quantitative estimate of drug-likeness (QED) is 0.818. The van der Waals surface area contributed by atoms with Gasteiger partial charge >= 0.3 is 0 Å². The lowest BCUT2D eigenvalue weighted by Crippen LogP contribution is -2.38. The van der Waals surface area contributed by atoms with Crippen LogP contribution in [0.15, 0.2) is 11.2 Å². The molecule has 1 aliphatic rings. The van der Waals surface area contributed by atoms with Crippen molar-refractivity contribution in [3.05, 3.63) is 12.0 Å². The fraction of sp³-hybridized carbons (Fsp3) is 0.769. The molecular weight excluding hydrogens is 298 g/mol. The van der Waals surface area contributed by atoms with Crippen LogP contribution in [-0.2, 0) is 16.6 Å². The zero-order chi connectivity index (χ0) is 14.8. The summed E-state index contributed by atoms with van der Waals surface area (Å²) in [6, 6.07) is -0.0610. The van der Waals surface area contributed by atoms with E-state index < -0.39 is 10.0 Å². The second-order valence-electron chi connectivity index (χ2n) is 5.39. The number of nitrogens with zero attached hydrogens (tertiary/aromatic N) is 2. The van der Waals surface area contributed by atoms with Crippen molar-refractivity contribution in [3.8, 4) is 0 Å². The summed E-state index contributed by atoms with van der Waals surface area (Å²) in [4.78, 5) is 4.17. The highest BCUT2D eigenvalue weighted by atomic mass is 35.5. The fourth-order valence-corrected chi connectivity index (χ4v) is 4.43. The number of aromatic nitrogens is 2. The van der Waals surface area contributed by atoms with E-state index in [9.17, 15) is 8.42 Å². The van der Waals surface area contributed by atoms with E-state index in [1.165, 1.54) is 0 Å². The van der Waals surface area contributed by atoms with Gasteiger partial charge < -0.3 is 4.57 Å². The van der Waals surface area contributed by atoms with Crippen LogP contribution >= 0.6 is 11.6 Å².